The van der Waals surface area contributed by atoms with Crippen LogP contribution in [-0.2, 0) is 0 Å². The number of benzene rings is 2. The molecule has 2 aromatic rings. The Balaban J connectivity index is 1.94. The third kappa shape index (κ3) is 4.96. The van der Waals surface area contributed by atoms with Gasteiger partial charge in [-0.1, -0.05) is 12.1 Å². The molecule has 25 heavy (non-hydrogen) atoms. The van der Waals surface area contributed by atoms with Crippen molar-refractivity contribution in [1.82, 2.24) is 0 Å². The topological polar surface area (TPSA) is 118 Å². The number of amidine groups is 2. The van der Waals surface area contributed by atoms with Crippen LogP contribution >= 0.6 is 31.9 Å². The second-order valence-electron chi connectivity index (χ2n) is 5.11. The van der Waals surface area contributed by atoms with Crippen LogP contribution in [0.4, 0.5) is 0 Å². The molecule has 0 saturated heterocycles. The highest BCUT2D eigenvalue weighted by molar-refractivity contribution is 9.10. The fourth-order valence-electron chi connectivity index (χ4n) is 2.14. The molecule has 0 amide bonds. The van der Waals surface area contributed by atoms with Gasteiger partial charge in [-0.25, -0.2) is 0 Å². The number of para-hydroxylation sites is 2. The van der Waals surface area contributed by atoms with Crippen molar-refractivity contribution in [3.05, 3.63) is 56.5 Å². The van der Waals surface area contributed by atoms with Gasteiger partial charge in [0.05, 0.1) is 33.3 Å². The van der Waals surface area contributed by atoms with Crippen molar-refractivity contribution in [1.29, 1.82) is 10.8 Å². The maximum absolute atomic E-state index is 7.60. The number of ether oxygens (including phenoxy) is 2. The van der Waals surface area contributed by atoms with E-state index in [1.807, 2.05) is 12.1 Å². The molecule has 8 heteroatoms. The summed E-state index contributed by atoms with van der Waals surface area (Å²) < 4.78 is 13.0. The first kappa shape index (κ1) is 19.3. The van der Waals surface area contributed by atoms with Crippen molar-refractivity contribution in [3.63, 3.8) is 0 Å². The van der Waals surface area contributed by atoms with E-state index < -0.39 is 0 Å². The van der Waals surface area contributed by atoms with Crippen molar-refractivity contribution >= 4 is 43.5 Å². The number of rotatable bonds is 8. The van der Waals surface area contributed by atoms with Gasteiger partial charge in [0.25, 0.3) is 0 Å². The predicted octanol–water partition coefficient (Wildman–Crippen LogP) is 3.63. The Bertz CT molecular complexity index is 731. The van der Waals surface area contributed by atoms with Crippen LogP contribution < -0.4 is 20.9 Å². The molecular formula is C17H18Br2N4O2. The second-order valence-corrected chi connectivity index (χ2v) is 6.82. The minimum atomic E-state index is -0.0492. The molecule has 0 unspecified atom stereocenters. The van der Waals surface area contributed by atoms with E-state index in [0.717, 1.165) is 8.95 Å². The molecule has 6 N–H and O–H groups in total. The molecule has 0 aliphatic rings. The third-order valence-electron chi connectivity index (χ3n) is 3.30. The molecule has 0 bridgehead atoms. The summed E-state index contributed by atoms with van der Waals surface area (Å²) in [6.07, 6.45) is 0.608. The summed E-state index contributed by atoms with van der Waals surface area (Å²) in [6.45, 7) is 0.783. The first-order valence-corrected chi connectivity index (χ1v) is 9.01. The van der Waals surface area contributed by atoms with E-state index in [4.69, 9.17) is 31.8 Å². The quantitative estimate of drug-likeness (QED) is 0.268. The molecule has 2 aromatic carbocycles. The molecule has 0 radical (unpaired) electrons. The number of nitrogen functional groups attached to an aromatic ring is 2. The van der Waals surface area contributed by atoms with Gasteiger partial charge < -0.3 is 20.9 Å². The van der Waals surface area contributed by atoms with E-state index in [-0.39, 0.29) is 11.7 Å². The Hall–Kier alpha value is -2.06. The van der Waals surface area contributed by atoms with Crippen LogP contribution in [0.1, 0.15) is 17.5 Å². The largest absolute Gasteiger partial charge is 0.491 e. The van der Waals surface area contributed by atoms with Gasteiger partial charge in [0.15, 0.2) is 0 Å². The van der Waals surface area contributed by atoms with E-state index in [9.17, 15) is 0 Å². The summed E-state index contributed by atoms with van der Waals surface area (Å²) in [5, 5.41) is 15.2. The summed E-state index contributed by atoms with van der Waals surface area (Å²) >= 11 is 6.81. The third-order valence-corrected chi connectivity index (χ3v) is 4.54. The zero-order valence-corrected chi connectivity index (χ0v) is 16.5. The molecule has 132 valence electrons. The van der Waals surface area contributed by atoms with Gasteiger partial charge >= 0.3 is 0 Å². The fourth-order valence-corrected chi connectivity index (χ4v) is 3.10. The van der Waals surface area contributed by atoms with Gasteiger partial charge in [-0.05, 0) is 56.1 Å². The highest BCUT2D eigenvalue weighted by Gasteiger charge is 2.12. The van der Waals surface area contributed by atoms with Crippen LogP contribution in [0, 0.1) is 10.8 Å². The van der Waals surface area contributed by atoms with Crippen molar-refractivity contribution in [2.45, 2.75) is 6.42 Å². The van der Waals surface area contributed by atoms with E-state index in [2.05, 4.69) is 31.9 Å². The van der Waals surface area contributed by atoms with Crippen LogP contribution in [0.2, 0.25) is 0 Å². The fraction of sp³-hybridized carbons (Fsp3) is 0.176. The minimum Gasteiger partial charge on any atom is -0.491 e. The number of nitrogens with two attached hydrogens (primary N) is 2. The zero-order valence-electron chi connectivity index (χ0n) is 13.3. The van der Waals surface area contributed by atoms with Gasteiger partial charge in [-0.3, -0.25) is 10.8 Å². The van der Waals surface area contributed by atoms with E-state index in [1.54, 1.807) is 24.3 Å². The standard InChI is InChI=1S/C17H18Br2N4O2/c18-12-6-1-4-10(16(20)21)14(12)24-8-3-9-25-15-11(17(22)23)5-2-7-13(15)19/h1-2,4-7H,3,8-9H2,(H3,20,21)(H3,22,23). The van der Waals surface area contributed by atoms with Crippen LogP contribution in [0.5, 0.6) is 11.5 Å². The van der Waals surface area contributed by atoms with Gasteiger partial charge in [0.2, 0.25) is 0 Å². The number of hydrogen-bond acceptors (Lipinski definition) is 4. The number of nitrogens with one attached hydrogen (secondary N) is 2. The number of hydrogen-bond donors (Lipinski definition) is 4. The smallest absolute Gasteiger partial charge is 0.144 e. The van der Waals surface area contributed by atoms with Crippen molar-refractivity contribution in [3.8, 4) is 11.5 Å². The molecule has 0 heterocycles. The van der Waals surface area contributed by atoms with Gasteiger partial charge in [-0.2, -0.15) is 0 Å². The van der Waals surface area contributed by atoms with E-state index in [0.29, 0.717) is 42.3 Å². The SMILES string of the molecule is N=C(N)c1cccc(Br)c1OCCCOc1c(Br)cccc1C(=N)N. The second kappa shape index (κ2) is 8.87. The molecule has 2 rings (SSSR count). The Labute approximate surface area is 162 Å². The molecule has 0 fully saturated rings. The molecule has 0 saturated carbocycles. The highest BCUT2D eigenvalue weighted by atomic mass is 79.9. The van der Waals surface area contributed by atoms with Crippen LogP contribution in [0.25, 0.3) is 0 Å². The first-order valence-electron chi connectivity index (χ1n) is 7.43. The summed E-state index contributed by atoms with van der Waals surface area (Å²) in [5.74, 6) is 0.986. The lowest BCUT2D eigenvalue weighted by Gasteiger charge is -2.14. The van der Waals surface area contributed by atoms with Crippen molar-refractivity contribution in [2.75, 3.05) is 13.2 Å². The van der Waals surface area contributed by atoms with Gasteiger partial charge in [0, 0.05) is 6.42 Å². The monoisotopic (exact) mass is 468 g/mol. The van der Waals surface area contributed by atoms with Crippen molar-refractivity contribution in [2.24, 2.45) is 11.5 Å². The van der Waals surface area contributed by atoms with Crippen LogP contribution in [0.3, 0.4) is 0 Å². The maximum Gasteiger partial charge on any atom is 0.144 e. The molecule has 0 spiro atoms. The first-order chi connectivity index (χ1) is 11.9. The van der Waals surface area contributed by atoms with E-state index in [1.165, 1.54) is 0 Å². The van der Waals surface area contributed by atoms with Gasteiger partial charge in [0.1, 0.15) is 23.2 Å². The molecule has 0 aliphatic heterocycles. The molecule has 6 nitrogen and oxygen atoms in total. The lowest BCUT2D eigenvalue weighted by molar-refractivity contribution is 0.245. The highest BCUT2D eigenvalue weighted by Crippen LogP contribution is 2.30. The Morgan fingerprint density at radius 2 is 1.20 bits per heavy atom. The molecular weight excluding hydrogens is 452 g/mol. The summed E-state index contributed by atoms with van der Waals surface area (Å²) in [7, 11) is 0. The van der Waals surface area contributed by atoms with Crippen molar-refractivity contribution < 1.29 is 9.47 Å². The van der Waals surface area contributed by atoms with Crippen LogP contribution in [0.15, 0.2) is 45.3 Å². The molecule has 0 atom stereocenters. The Morgan fingerprint density at radius 1 is 0.800 bits per heavy atom. The summed E-state index contributed by atoms with van der Waals surface area (Å²) in [6, 6.07) is 10.7. The maximum atomic E-state index is 7.60. The normalized spacial score (nSPS) is 10.3. The lowest BCUT2D eigenvalue weighted by Crippen LogP contribution is -2.15. The van der Waals surface area contributed by atoms with Crippen LogP contribution in [-0.4, -0.2) is 24.9 Å². The minimum absolute atomic E-state index is 0.0492. The Morgan fingerprint density at radius 3 is 1.56 bits per heavy atom. The zero-order chi connectivity index (χ0) is 18.4. The summed E-state index contributed by atoms with van der Waals surface area (Å²) in [4.78, 5) is 0. The average Bonchev–Trinajstić information content (AvgIpc) is 2.56. The number of halogens is 2. The average molecular weight is 470 g/mol. The summed E-state index contributed by atoms with van der Waals surface area (Å²) in [5.41, 5.74) is 12.2. The van der Waals surface area contributed by atoms with E-state index >= 15 is 0 Å². The molecule has 0 aliphatic carbocycles. The molecule has 0 aromatic heterocycles. The van der Waals surface area contributed by atoms with Gasteiger partial charge in [-0.15, -0.1) is 0 Å². The predicted molar refractivity (Wildman–Crippen MR) is 106 cm³/mol. The Kier molecular flexibility index (Phi) is 6.83. The lowest BCUT2D eigenvalue weighted by atomic mass is 10.2.